The van der Waals surface area contributed by atoms with E-state index in [0.29, 0.717) is 5.56 Å². The largest absolute Gasteiger partial charge is 0.461 e. The number of amides is 12. The first kappa shape index (κ1) is 84.2. The third kappa shape index (κ3) is 23.1. The van der Waals surface area contributed by atoms with E-state index in [4.69, 9.17) is 4.74 Å². The average Bonchev–Trinajstić information content (AvgIpc) is 1.62. The minimum Gasteiger partial charge on any atom is -0.461 e. The predicted octanol–water partition coefficient (Wildman–Crippen LogP) is -4.56. The fourth-order valence-electron chi connectivity index (χ4n) is 13.5. The Hall–Kier alpha value is -8.73. The molecule has 19 atom stereocenters. The predicted molar refractivity (Wildman–Crippen MR) is 371 cm³/mol. The molecule has 33 nitrogen and oxygen atoms in total. The number of nitrogens with one attached hydrogen (secondary N) is 9. The molecule has 6 rings (SSSR count). The van der Waals surface area contributed by atoms with Gasteiger partial charge in [0.05, 0.1) is 50.2 Å². The molecule has 0 aliphatic carbocycles. The molecule has 4 aliphatic heterocycles. The van der Waals surface area contributed by atoms with Crippen molar-refractivity contribution in [3.8, 4) is 0 Å². The molecule has 33 heteroatoms. The summed E-state index contributed by atoms with van der Waals surface area (Å²) in [5.74, 6) is -16.8. The maximum Gasteiger partial charge on any atom is 0.328 e. The number of rotatable bonds is 20. The molecular weight excluding hydrogens is 1360 g/mol. The van der Waals surface area contributed by atoms with Crippen molar-refractivity contribution in [3.63, 3.8) is 0 Å². The van der Waals surface area contributed by atoms with Crippen molar-refractivity contribution in [2.45, 2.75) is 217 Å². The number of hydrogen-bond acceptors (Lipinski definition) is 21. The van der Waals surface area contributed by atoms with Gasteiger partial charge in [0.15, 0.2) is 6.10 Å². The van der Waals surface area contributed by atoms with Gasteiger partial charge < -0.3 is 103 Å². The Morgan fingerprint density at radius 2 is 1.15 bits per heavy atom. The highest BCUT2D eigenvalue weighted by atomic mass is 16.5. The lowest BCUT2D eigenvalue weighted by atomic mass is 9.95. The summed E-state index contributed by atoms with van der Waals surface area (Å²) < 4.78 is 5.91. The molecule has 2 aromatic rings. The third-order valence-corrected chi connectivity index (χ3v) is 19.5. The zero-order valence-electron chi connectivity index (χ0n) is 60.4. The molecule has 4 fully saturated rings. The number of fused-ring (bicyclic) bond motifs is 3. The first-order valence-corrected chi connectivity index (χ1v) is 35.6. The normalized spacial score (nSPS) is 29.1. The molecule has 12 amide bonds. The number of aliphatic hydroxyl groups excluding tert-OH is 7. The smallest absolute Gasteiger partial charge is 0.328 e. The van der Waals surface area contributed by atoms with Crippen molar-refractivity contribution in [1.82, 2.24) is 62.6 Å². The number of benzene rings is 2. The third-order valence-electron chi connectivity index (χ3n) is 19.5. The molecule has 4 saturated heterocycles. The molecule has 4 aliphatic rings. The summed E-state index contributed by atoms with van der Waals surface area (Å²) >= 11 is 0. The van der Waals surface area contributed by atoms with Crippen LogP contribution in [0.2, 0.25) is 0 Å². The van der Waals surface area contributed by atoms with Crippen molar-refractivity contribution >= 4 is 76.9 Å². The van der Waals surface area contributed by atoms with Gasteiger partial charge in [0, 0.05) is 57.8 Å². The molecule has 104 heavy (non-hydrogen) atoms. The Bertz CT molecular complexity index is 3320. The molecule has 0 aromatic heterocycles. The Morgan fingerprint density at radius 3 is 1.76 bits per heavy atom. The van der Waals surface area contributed by atoms with E-state index in [9.17, 15) is 88.5 Å². The second-order valence-electron chi connectivity index (χ2n) is 28.5. The fraction of sp³-hybridized carbons (Fsp3) is 0.648. The van der Waals surface area contributed by atoms with Gasteiger partial charge in [-0.2, -0.15) is 0 Å². The van der Waals surface area contributed by atoms with Crippen LogP contribution in [-0.2, 0) is 79.9 Å². The maximum atomic E-state index is 15.1. The van der Waals surface area contributed by atoms with E-state index in [2.05, 4.69) is 47.9 Å². The van der Waals surface area contributed by atoms with Crippen LogP contribution in [0.15, 0.2) is 60.7 Å². The zero-order valence-corrected chi connectivity index (χ0v) is 60.4. The van der Waals surface area contributed by atoms with Crippen molar-refractivity contribution in [1.29, 1.82) is 0 Å². The van der Waals surface area contributed by atoms with E-state index < -0.39 is 250 Å². The number of carbonyl (C=O) groups is 13. The highest BCUT2D eigenvalue weighted by molar-refractivity contribution is 5.99. The van der Waals surface area contributed by atoms with E-state index in [-0.39, 0.29) is 57.4 Å². The maximum absolute atomic E-state index is 15.1. The van der Waals surface area contributed by atoms with Gasteiger partial charge in [-0.25, -0.2) is 4.79 Å². The van der Waals surface area contributed by atoms with Crippen molar-refractivity contribution in [2.75, 3.05) is 45.9 Å². The van der Waals surface area contributed by atoms with E-state index >= 15 is 9.59 Å². The summed E-state index contributed by atoms with van der Waals surface area (Å²) in [6.45, 7) is 8.76. The monoisotopic (exact) mass is 1460 g/mol. The Labute approximate surface area is 604 Å². The summed E-state index contributed by atoms with van der Waals surface area (Å²) in [5, 5.41) is 101. The van der Waals surface area contributed by atoms with E-state index in [1.54, 1.807) is 83.1 Å². The van der Waals surface area contributed by atoms with Crippen molar-refractivity contribution in [3.05, 3.63) is 71.8 Å². The van der Waals surface area contributed by atoms with Crippen LogP contribution in [0.25, 0.3) is 0 Å². The summed E-state index contributed by atoms with van der Waals surface area (Å²) in [5.41, 5.74) is 1.33. The molecule has 2 aromatic carbocycles. The van der Waals surface area contributed by atoms with Crippen molar-refractivity contribution < 1.29 is 103 Å². The molecule has 16 N–H and O–H groups in total. The Kier molecular flexibility index (Phi) is 31.9. The zero-order chi connectivity index (χ0) is 77.0. The quantitative estimate of drug-likeness (QED) is 0.0555. The van der Waals surface area contributed by atoms with Crippen LogP contribution in [0.4, 0.5) is 0 Å². The van der Waals surface area contributed by atoms with E-state index in [1.165, 1.54) is 20.8 Å². The second-order valence-corrected chi connectivity index (χ2v) is 28.5. The molecule has 0 radical (unpaired) electrons. The summed E-state index contributed by atoms with van der Waals surface area (Å²) in [4.78, 5) is 189. The first-order valence-electron chi connectivity index (χ1n) is 35.6. The van der Waals surface area contributed by atoms with Gasteiger partial charge in [0.1, 0.15) is 60.5 Å². The summed E-state index contributed by atoms with van der Waals surface area (Å²) in [7, 11) is 0. The van der Waals surface area contributed by atoms with Gasteiger partial charge in [-0.15, -0.1) is 0 Å². The highest BCUT2D eigenvalue weighted by Crippen LogP contribution is 2.33. The number of aliphatic hydroxyl groups is 7. The van der Waals surface area contributed by atoms with Crippen molar-refractivity contribution in [2.24, 2.45) is 29.6 Å². The summed E-state index contributed by atoms with van der Waals surface area (Å²) in [6, 6.07) is 1.40. The topological polar surface area (TPSA) is 491 Å². The van der Waals surface area contributed by atoms with Crippen LogP contribution in [0.3, 0.4) is 0 Å². The molecule has 2 unspecified atom stereocenters. The lowest BCUT2D eigenvalue weighted by molar-refractivity contribution is -0.154. The number of nitrogens with zero attached hydrogens (tertiary/aromatic N) is 3. The van der Waals surface area contributed by atoms with Crippen LogP contribution < -0.4 is 47.9 Å². The molecular formula is C71H106N12O21. The molecule has 0 spiro atoms. The Balaban J connectivity index is 1.41. The lowest BCUT2D eigenvalue weighted by Crippen LogP contribution is -2.62. The van der Waals surface area contributed by atoms with Crippen LogP contribution in [0, 0.1) is 29.6 Å². The lowest BCUT2D eigenvalue weighted by Gasteiger charge is -2.35. The van der Waals surface area contributed by atoms with Gasteiger partial charge in [0.2, 0.25) is 65.0 Å². The SMILES string of the molecule is CC(=O)N[C@@H](C)C(=O)O[C@@H](CCCC(O)Cc1ccccc1)C[C@H]1NC(=O)C2[C@H](C)CCN2C(=O)[C@@H]([C@@H](O)C(C)C)NC(=O)CNC(=O)[C@@H](Cc2ccccc2)NC(=O)[C@H](CCO)NC(=O)[C@@H](CC(C)C)NC(=O)[C@@H]2[C@@H](C)[C@@H](O)CN2C(=O)[C@@H]2[C@@H](C)[C@@H](O)CN2C(=O)CNC(=O)[C@@H](CO)NC(=O)[C@H]1O. The van der Waals surface area contributed by atoms with E-state index in [1.807, 2.05) is 12.1 Å². The number of hydrogen-bond donors (Lipinski definition) is 16. The molecule has 0 saturated carbocycles. The minimum atomic E-state index is -2.42. The van der Waals surface area contributed by atoms with Crippen LogP contribution >= 0.6 is 0 Å². The van der Waals surface area contributed by atoms with E-state index in [0.717, 1.165) is 27.2 Å². The molecule has 4 heterocycles. The van der Waals surface area contributed by atoms with Crippen LogP contribution in [0.5, 0.6) is 0 Å². The van der Waals surface area contributed by atoms with Crippen LogP contribution in [-0.4, -0.2) is 270 Å². The minimum absolute atomic E-state index is 0.0652. The van der Waals surface area contributed by atoms with Crippen LogP contribution in [0.1, 0.15) is 118 Å². The highest BCUT2D eigenvalue weighted by Gasteiger charge is 2.53. The summed E-state index contributed by atoms with van der Waals surface area (Å²) in [6.07, 6.45) is -9.82. The van der Waals surface area contributed by atoms with Gasteiger partial charge in [-0.3, -0.25) is 57.5 Å². The average molecular weight is 1460 g/mol. The van der Waals surface area contributed by atoms with Gasteiger partial charge in [-0.1, -0.05) is 109 Å². The van der Waals surface area contributed by atoms with Gasteiger partial charge in [-0.05, 0) is 80.8 Å². The second kappa shape index (κ2) is 39.4. The van der Waals surface area contributed by atoms with Gasteiger partial charge >= 0.3 is 5.97 Å². The number of ether oxygens (including phenoxy) is 1. The molecule has 576 valence electrons. The molecule has 0 bridgehead atoms. The first-order chi connectivity index (χ1) is 49.1. The fourth-order valence-corrected chi connectivity index (χ4v) is 13.5. The Morgan fingerprint density at radius 1 is 0.596 bits per heavy atom. The van der Waals surface area contributed by atoms with Gasteiger partial charge in [0.25, 0.3) is 5.91 Å². The number of esters is 1. The number of carbonyl (C=O) groups excluding carboxylic acids is 13. The standard InChI is InChI=1S/C71H106N12O21/c1-36(2)27-49-65(97)75-47(24-26-84)64(96)77-50(29-44-19-14-11-15-20-44)62(94)72-31-54(90)80-56(60(92)37(3)4)69(101)81-25-23-38(5)57(81)66(98)76-48(30-46(104-71(103)41(8)74-42(9)86)22-16-21-45(87)28-43-17-12-10-13-18-43)61(93)68(100)79-51(35-85)63(95)73-32-55(91)82-33-52(88)40(7)59(82)70(102)83-34-53(89)39(6)58(83)67(99)78-49/h10-15,17-20,36-41,45-53,56-61,84-85,87-89,92-93H,16,21-35H2,1-9H3,(H,72,94)(H,73,95)(H,74,86)(H,75,97)(H,76,98)(H,77,96)(H,78,99)(H,79,100)(H,80,90)/t38-,39+,40+,41+,45?,46+,47+,48-,49-,50-,51-,52+,53+,56-,57?,58+,59+,60+,61+/m1/s1.